The third kappa shape index (κ3) is 3.53. The lowest BCUT2D eigenvalue weighted by Gasteiger charge is -2.03. The predicted molar refractivity (Wildman–Crippen MR) is 75.0 cm³/mol. The number of carboxylic acid groups (broad SMARTS) is 1. The van der Waals surface area contributed by atoms with E-state index in [0.29, 0.717) is 10.6 Å². The van der Waals surface area contributed by atoms with Crippen LogP contribution in [-0.2, 0) is 9.59 Å². The second-order valence-electron chi connectivity index (χ2n) is 3.71. The molecule has 2 N–H and O–H groups in total. The van der Waals surface area contributed by atoms with E-state index in [4.69, 9.17) is 5.11 Å². The lowest BCUT2D eigenvalue weighted by molar-refractivity contribution is -0.134. The van der Waals surface area contributed by atoms with Crippen LogP contribution in [0.25, 0.3) is 6.08 Å². The zero-order chi connectivity index (χ0) is 13.7. The van der Waals surface area contributed by atoms with Crippen molar-refractivity contribution < 1.29 is 14.7 Å². The van der Waals surface area contributed by atoms with Crippen LogP contribution < -0.4 is 5.32 Å². The predicted octanol–water partition coefficient (Wildman–Crippen LogP) is 2.85. The summed E-state index contributed by atoms with van der Waals surface area (Å²) >= 11 is 1.33. The van der Waals surface area contributed by atoms with Gasteiger partial charge in [-0.15, -0.1) is 11.3 Å². The van der Waals surface area contributed by atoms with E-state index in [1.807, 2.05) is 6.07 Å². The maximum Gasteiger partial charge on any atom is 0.341 e. The number of carboxylic acids is 1. The number of anilines is 1. The highest BCUT2D eigenvalue weighted by Gasteiger charge is 2.17. The fraction of sp³-hybridized carbons (Fsp3) is 0. The SMILES string of the molecule is O=C(O)/C(=C\c1ccccc1)C(=O)Nc1cccs1. The molecule has 5 heteroatoms. The van der Waals surface area contributed by atoms with Gasteiger partial charge in [-0.25, -0.2) is 4.79 Å². The Morgan fingerprint density at radius 3 is 2.42 bits per heavy atom. The summed E-state index contributed by atoms with van der Waals surface area (Å²) in [6.45, 7) is 0. The van der Waals surface area contributed by atoms with Gasteiger partial charge in [0, 0.05) is 0 Å². The average molecular weight is 273 g/mol. The Morgan fingerprint density at radius 2 is 1.84 bits per heavy atom. The first-order chi connectivity index (χ1) is 9.16. The average Bonchev–Trinajstić information content (AvgIpc) is 2.89. The number of hydrogen-bond acceptors (Lipinski definition) is 3. The Balaban J connectivity index is 2.23. The molecule has 19 heavy (non-hydrogen) atoms. The Morgan fingerprint density at radius 1 is 1.11 bits per heavy atom. The largest absolute Gasteiger partial charge is 0.477 e. The smallest absolute Gasteiger partial charge is 0.341 e. The number of carbonyl (C=O) groups excluding carboxylic acids is 1. The van der Waals surface area contributed by atoms with Crippen molar-refractivity contribution in [2.24, 2.45) is 0 Å². The van der Waals surface area contributed by atoms with Crippen LogP contribution in [-0.4, -0.2) is 17.0 Å². The summed E-state index contributed by atoms with van der Waals surface area (Å²) in [7, 11) is 0. The normalized spacial score (nSPS) is 11.1. The van der Waals surface area contributed by atoms with E-state index in [2.05, 4.69) is 5.32 Å². The minimum Gasteiger partial charge on any atom is -0.477 e. The van der Waals surface area contributed by atoms with Crippen LogP contribution in [0.4, 0.5) is 5.00 Å². The fourth-order valence-corrected chi connectivity index (χ4v) is 2.08. The van der Waals surface area contributed by atoms with Crippen LogP contribution >= 0.6 is 11.3 Å². The third-order valence-electron chi connectivity index (χ3n) is 2.34. The van der Waals surface area contributed by atoms with Gasteiger partial charge in [0.25, 0.3) is 5.91 Å². The second-order valence-corrected chi connectivity index (χ2v) is 4.65. The molecule has 0 aliphatic rings. The van der Waals surface area contributed by atoms with Gasteiger partial charge in [0.15, 0.2) is 0 Å². The van der Waals surface area contributed by atoms with Crippen molar-refractivity contribution in [2.45, 2.75) is 0 Å². The number of rotatable bonds is 4. The van der Waals surface area contributed by atoms with Crippen molar-refractivity contribution in [3.05, 3.63) is 59.0 Å². The molecule has 2 aromatic rings. The Labute approximate surface area is 114 Å². The van der Waals surface area contributed by atoms with Crippen LogP contribution in [0.5, 0.6) is 0 Å². The van der Waals surface area contributed by atoms with Gasteiger partial charge in [0.1, 0.15) is 5.57 Å². The van der Waals surface area contributed by atoms with Crippen LogP contribution in [0.1, 0.15) is 5.56 Å². The summed E-state index contributed by atoms with van der Waals surface area (Å²) in [4.78, 5) is 23.1. The van der Waals surface area contributed by atoms with Crippen molar-refractivity contribution in [1.82, 2.24) is 0 Å². The lowest BCUT2D eigenvalue weighted by atomic mass is 10.1. The molecule has 0 aliphatic heterocycles. The molecule has 0 spiro atoms. The van der Waals surface area contributed by atoms with Crippen LogP contribution in [0.3, 0.4) is 0 Å². The molecule has 0 saturated carbocycles. The van der Waals surface area contributed by atoms with Gasteiger partial charge in [0.2, 0.25) is 0 Å². The minimum atomic E-state index is -1.25. The standard InChI is InChI=1S/C14H11NO3S/c16-13(15-12-7-4-8-19-12)11(14(17)18)9-10-5-2-1-3-6-10/h1-9H,(H,15,16)(H,17,18)/b11-9-. The van der Waals surface area contributed by atoms with Crippen molar-refractivity contribution in [3.63, 3.8) is 0 Å². The van der Waals surface area contributed by atoms with E-state index in [9.17, 15) is 9.59 Å². The number of amides is 1. The summed E-state index contributed by atoms with van der Waals surface area (Å²) < 4.78 is 0. The molecule has 96 valence electrons. The van der Waals surface area contributed by atoms with Gasteiger partial charge in [-0.1, -0.05) is 30.3 Å². The molecular weight excluding hydrogens is 262 g/mol. The van der Waals surface area contributed by atoms with E-state index in [1.54, 1.807) is 41.8 Å². The van der Waals surface area contributed by atoms with Crippen molar-refractivity contribution >= 4 is 34.3 Å². The Bertz CT molecular complexity index is 603. The molecule has 0 atom stereocenters. The number of aliphatic carboxylic acids is 1. The second kappa shape index (κ2) is 5.97. The first-order valence-corrected chi connectivity index (χ1v) is 6.39. The minimum absolute atomic E-state index is 0.292. The first-order valence-electron chi connectivity index (χ1n) is 5.52. The summed E-state index contributed by atoms with van der Waals surface area (Å²) in [6.07, 6.45) is 1.35. The monoisotopic (exact) mass is 273 g/mol. The number of carbonyl (C=O) groups is 2. The molecule has 0 saturated heterocycles. The van der Waals surface area contributed by atoms with Crippen LogP contribution in [0.15, 0.2) is 53.4 Å². The van der Waals surface area contributed by atoms with Crippen molar-refractivity contribution in [3.8, 4) is 0 Å². The Hall–Kier alpha value is -2.40. The fourth-order valence-electron chi connectivity index (χ4n) is 1.47. The lowest BCUT2D eigenvalue weighted by Crippen LogP contribution is -2.19. The zero-order valence-electron chi connectivity index (χ0n) is 9.87. The summed E-state index contributed by atoms with van der Waals surface area (Å²) in [6, 6.07) is 12.4. The number of benzene rings is 1. The number of nitrogens with one attached hydrogen (secondary N) is 1. The first kappa shape index (κ1) is 13.0. The summed E-state index contributed by atoms with van der Waals surface area (Å²) in [5.74, 6) is -1.88. The summed E-state index contributed by atoms with van der Waals surface area (Å²) in [5, 5.41) is 14.1. The number of hydrogen-bond donors (Lipinski definition) is 2. The van der Waals surface area contributed by atoms with Crippen LogP contribution in [0.2, 0.25) is 0 Å². The van der Waals surface area contributed by atoms with Gasteiger partial charge in [-0.2, -0.15) is 0 Å². The van der Waals surface area contributed by atoms with Gasteiger partial charge in [-0.3, -0.25) is 4.79 Å². The van der Waals surface area contributed by atoms with Gasteiger partial charge < -0.3 is 10.4 Å². The molecule has 0 fully saturated rings. The quantitative estimate of drug-likeness (QED) is 0.511. The van der Waals surface area contributed by atoms with Crippen molar-refractivity contribution in [2.75, 3.05) is 5.32 Å². The molecule has 1 aromatic carbocycles. The molecule has 0 aliphatic carbocycles. The summed E-state index contributed by atoms with van der Waals surface area (Å²) in [5.41, 5.74) is 0.376. The molecule has 0 bridgehead atoms. The highest BCUT2D eigenvalue weighted by atomic mass is 32.1. The third-order valence-corrected chi connectivity index (χ3v) is 3.13. The van der Waals surface area contributed by atoms with E-state index < -0.39 is 11.9 Å². The molecule has 1 amide bonds. The van der Waals surface area contributed by atoms with E-state index in [1.165, 1.54) is 17.4 Å². The van der Waals surface area contributed by atoms with E-state index in [0.717, 1.165) is 0 Å². The molecule has 2 rings (SSSR count). The zero-order valence-corrected chi connectivity index (χ0v) is 10.7. The highest BCUT2D eigenvalue weighted by Crippen LogP contribution is 2.17. The van der Waals surface area contributed by atoms with Crippen molar-refractivity contribution in [1.29, 1.82) is 0 Å². The maximum atomic E-state index is 11.9. The van der Waals surface area contributed by atoms with Gasteiger partial charge >= 0.3 is 5.97 Å². The van der Waals surface area contributed by atoms with Gasteiger partial charge in [0.05, 0.1) is 5.00 Å². The van der Waals surface area contributed by atoms with Gasteiger partial charge in [-0.05, 0) is 29.2 Å². The number of thiophene rings is 1. The Kier molecular flexibility index (Phi) is 4.10. The van der Waals surface area contributed by atoms with Crippen LogP contribution in [0, 0.1) is 0 Å². The molecule has 1 aromatic heterocycles. The molecule has 1 heterocycles. The highest BCUT2D eigenvalue weighted by molar-refractivity contribution is 7.14. The molecule has 4 nitrogen and oxygen atoms in total. The topological polar surface area (TPSA) is 66.4 Å². The molecule has 0 unspecified atom stereocenters. The maximum absolute atomic E-state index is 11.9. The van der Waals surface area contributed by atoms with E-state index >= 15 is 0 Å². The molecular formula is C14H11NO3S. The molecule has 0 radical (unpaired) electrons. The van der Waals surface area contributed by atoms with E-state index in [-0.39, 0.29) is 5.57 Å².